The maximum atomic E-state index is 12.4. The maximum absolute atomic E-state index is 12.4. The Labute approximate surface area is 120 Å². The highest BCUT2D eigenvalue weighted by molar-refractivity contribution is 6.33. The summed E-state index contributed by atoms with van der Waals surface area (Å²) < 4.78 is 6.40. The van der Waals surface area contributed by atoms with Gasteiger partial charge in [0.2, 0.25) is 6.39 Å². The van der Waals surface area contributed by atoms with Gasteiger partial charge in [-0.1, -0.05) is 16.8 Å². The first kappa shape index (κ1) is 13.1. The van der Waals surface area contributed by atoms with Crippen molar-refractivity contribution >= 4 is 17.5 Å². The molecule has 106 valence electrons. The molecule has 2 aromatic rings. The van der Waals surface area contributed by atoms with Gasteiger partial charge in [-0.25, -0.2) is 0 Å². The van der Waals surface area contributed by atoms with Crippen molar-refractivity contribution in [2.45, 2.75) is 25.8 Å². The van der Waals surface area contributed by atoms with Gasteiger partial charge in [0.15, 0.2) is 11.5 Å². The number of nitrogens with zero attached hydrogens (tertiary/aromatic N) is 5. The van der Waals surface area contributed by atoms with Crippen LogP contribution in [0, 0.1) is 0 Å². The smallest absolute Gasteiger partial charge is 0.275 e. The van der Waals surface area contributed by atoms with Crippen LogP contribution >= 0.6 is 11.6 Å². The highest BCUT2D eigenvalue weighted by Crippen LogP contribution is 2.26. The van der Waals surface area contributed by atoms with E-state index in [4.69, 9.17) is 16.1 Å². The molecule has 2 aromatic heterocycles. The second-order valence-electron chi connectivity index (χ2n) is 4.71. The molecule has 1 aliphatic rings. The molecular weight excluding hydrogens is 282 g/mol. The molecule has 1 unspecified atom stereocenters. The number of carbonyl (C=O) groups excluding carboxylic acids is 1. The van der Waals surface area contributed by atoms with Gasteiger partial charge >= 0.3 is 0 Å². The standard InChI is InChI=1S/C12H14ClN5O2/c1-2-18-6-9(13)10(15-18)12(19)17-4-3-8(5-17)11-14-7-20-16-11/h6-8H,2-5H2,1H3. The zero-order valence-electron chi connectivity index (χ0n) is 11.0. The summed E-state index contributed by atoms with van der Waals surface area (Å²) in [6.45, 7) is 3.83. The fraction of sp³-hybridized carbons (Fsp3) is 0.500. The number of aryl methyl sites for hydroxylation is 1. The van der Waals surface area contributed by atoms with Crippen LogP contribution in [0.5, 0.6) is 0 Å². The molecular formula is C12H14ClN5O2. The molecule has 1 atom stereocenters. The van der Waals surface area contributed by atoms with Crippen LogP contribution < -0.4 is 0 Å². The first-order chi connectivity index (χ1) is 9.69. The van der Waals surface area contributed by atoms with Gasteiger partial charge in [0, 0.05) is 31.7 Å². The molecule has 0 saturated carbocycles. The minimum atomic E-state index is -0.145. The molecule has 0 aliphatic carbocycles. The topological polar surface area (TPSA) is 77.0 Å². The Morgan fingerprint density at radius 1 is 1.60 bits per heavy atom. The minimum Gasteiger partial charge on any atom is -0.343 e. The van der Waals surface area contributed by atoms with Crippen LogP contribution in [0.15, 0.2) is 17.1 Å². The minimum absolute atomic E-state index is 0.115. The third-order valence-electron chi connectivity index (χ3n) is 3.46. The number of hydrogen-bond donors (Lipinski definition) is 0. The van der Waals surface area contributed by atoms with Crippen molar-refractivity contribution in [3.05, 3.63) is 29.1 Å². The van der Waals surface area contributed by atoms with Gasteiger partial charge in [-0.2, -0.15) is 10.1 Å². The molecule has 3 rings (SSSR count). The normalized spacial score (nSPS) is 18.7. The lowest BCUT2D eigenvalue weighted by Gasteiger charge is -2.14. The van der Waals surface area contributed by atoms with E-state index in [-0.39, 0.29) is 11.8 Å². The summed E-state index contributed by atoms with van der Waals surface area (Å²) in [4.78, 5) is 18.2. The van der Waals surface area contributed by atoms with E-state index in [1.807, 2.05) is 6.92 Å². The molecule has 1 fully saturated rings. The Kier molecular flexibility index (Phi) is 3.43. The predicted octanol–water partition coefficient (Wildman–Crippen LogP) is 1.57. The van der Waals surface area contributed by atoms with Crippen molar-refractivity contribution < 1.29 is 9.32 Å². The zero-order chi connectivity index (χ0) is 14.1. The maximum Gasteiger partial charge on any atom is 0.275 e. The van der Waals surface area contributed by atoms with Crippen molar-refractivity contribution in [2.24, 2.45) is 0 Å². The predicted molar refractivity (Wildman–Crippen MR) is 70.5 cm³/mol. The number of halogens is 1. The fourth-order valence-electron chi connectivity index (χ4n) is 2.37. The molecule has 0 radical (unpaired) electrons. The van der Waals surface area contributed by atoms with E-state index in [0.29, 0.717) is 36.2 Å². The fourth-order valence-corrected chi connectivity index (χ4v) is 2.60. The molecule has 1 amide bonds. The lowest BCUT2D eigenvalue weighted by atomic mass is 10.1. The Balaban J connectivity index is 1.74. The second-order valence-corrected chi connectivity index (χ2v) is 5.11. The molecule has 1 aliphatic heterocycles. The van der Waals surface area contributed by atoms with E-state index >= 15 is 0 Å². The first-order valence-corrected chi connectivity index (χ1v) is 6.85. The van der Waals surface area contributed by atoms with Gasteiger partial charge in [0.05, 0.1) is 5.02 Å². The van der Waals surface area contributed by atoms with E-state index in [1.165, 1.54) is 6.39 Å². The average Bonchev–Trinajstić information content (AvgIpc) is 3.17. The Bertz CT molecular complexity index is 609. The quantitative estimate of drug-likeness (QED) is 0.859. The van der Waals surface area contributed by atoms with Gasteiger partial charge in [0.1, 0.15) is 0 Å². The second kappa shape index (κ2) is 5.24. The molecule has 7 nitrogen and oxygen atoms in total. The van der Waals surface area contributed by atoms with Gasteiger partial charge in [-0.15, -0.1) is 0 Å². The molecule has 20 heavy (non-hydrogen) atoms. The van der Waals surface area contributed by atoms with E-state index in [1.54, 1.807) is 15.8 Å². The molecule has 8 heteroatoms. The zero-order valence-corrected chi connectivity index (χ0v) is 11.7. The van der Waals surface area contributed by atoms with Gasteiger partial charge in [-0.05, 0) is 13.3 Å². The summed E-state index contributed by atoms with van der Waals surface area (Å²) >= 11 is 6.06. The van der Waals surface area contributed by atoms with Crippen LogP contribution in [-0.4, -0.2) is 43.8 Å². The lowest BCUT2D eigenvalue weighted by Crippen LogP contribution is -2.29. The van der Waals surface area contributed by atoms with Crippen LogP contribution in [-0.2, 0) is 6.54 Å². The van der Waals surface area contributed by atoms with Crippen LogP contribution in [0.25, 0.3) is 0 Å². The number of likely N-dealkylation sites (tertiary alicyclic amines) is 1. The summed E-state index contributed by atoms with van der Waals surface area (Å²) in [5, 5.41) is 8.42. The molecule has 0 aromatic carbocycles. The summed E-state index contributed by atoms with van der Waals surface area (Å²) in [6, 6.07) is 0. The van der Waals surface area contributed by atoms with Crippen molar-refractivity contribution in [1.29, 1.82) is 0 Å². The summed E-state index contributed by atoms with van der Waals surface area (Å²) in [6.07, 6.45) is 3.79. The van der Waals surface area contributed by atoms with Crippen LogP contribution in [0.3, 0.4) is 0 Å². The molecule has 3 heterocycles. The lowest BCUT2D eigenvalue weighted by molar-refractivity contribution is 0.0784. The number of carbonyl (C=O) groups is 1. The monoisotopic (exact) mass is 295 g/mol. The highest BCUT2D eigenvalue weighted by Gasteiger charge is 2.32. The molecule has 0 spiro atoms. The molecule has 0 bridgehead atoms. The number of hydrogen-bond acceptors (Lipinski definition) is 5. The van der Waals surface area contributed by atoms with E-state index in [9.17, 15) is 4.79 Å². The summed E-state index contributed by atoms with van der Waals surface area (Å²) in [5.41, 5.74) is 0.308. The Morgan fingerprint density at radius 3 is 3.10 bits per heavy atom. The number of rotatable bonds is 3. The van der Waals surface area contributed by atoms with Crippen molar-refractivity contribution in [1.82, 2.24) is 24.8 Å². The largest absolute Gasteiger partial charge is 0.343 e. The van der Waals surface area contributed by atoms with Crippen molar-refractivity contribution in [3.8, 4) is 0 Å². The first-order valence-electron chi connectivity index (χ1n) is 6.47. The van der Waals surface area contributed by atoms with Crippen LogP contribution in [0.4, 0.5) is 0 Å². The molecule has 0 N–H and O–H groups in total. The van der Waals surface area contributed by atoms with Crippen molar-refractivity contribution in [2.75, 3.05) is 13.1 Å². The van der Waals surface area contributed by atoms with Crippen LogP contribution in [0.2, 0.25) is 5.02 Å². The summed E-state index contributed by atoms with van der Waals surface area (Å²) in [5.74, 6) is 0.614. The van der Waals surface area contributed by atoms with Gasteiger partial charge < -0.3 is 9.42 Å². The highest BCUT2D eigenvalue weighted by atomic mass is 35.5. The van der Waals surface area contributed by atoms with Gasteiger partial charge in [-0.3, -0.25) is 9.48 Å². The van der Waals surface area contributed by atoms with E-state index < -0.39 is 0 Å². The average molecular weight is 296 g/mol. The van der Waals surface area contributed by atoms with E-state index in [2.05, 4.69) is 15.2 Å². The van der Waals surface area contributed by atoms with Crippen molar-refractivity contribution in [3.63, 3.8) is 0 Å². The van der Waals surface area contributed by atoms with Gasteiger partial charge in [0.25, 0.3) is 5.91 Å². The third kappa shape index (κ3) is 2.29. The molecule has 1 saturated heterocycles. The van der Waals surface area contributed by atoms with E-state index in [0.717, 1.165) is 6.42 Å². The third-order valence-corrected chi connectivity index (χ3v) is 3.74. The Hall–Kier alpha value is -1.89. The number of aromatic nitrogens is 4. The number of amides is 1. The SMILES string of the molecule is CCn1cc(Cl)c(C(=O)N2CCC(c3ncon3)C2)n1. The Morgan fingerprint density at radius 2 is 2.45 bits per heavy atom. The summed E-state index contributed by atoms with van der Waals surface area (Å²) in [7, 11) is 0. The van der Waals surface area contributed by atoms with Crippen LogP contribution in [0.1, 0.15) is 35.6 Å².